The number of piperidine rings is 1. The summed E-state index contributed by atoms with van der Waals surface area (Å²) in [7, 11) is -4.79. The molecule has 2 bridgehead atoms. The molecule has 3 N–H and O–H groups in total. The molecule has 0 spiro atoms. The molecule has 3 amide bonds. The third-order valence-corrected chi connectivity index (χ3v) is 4.53. The van der Waals surface area contributed by atoms with Crippen LogP contribution >= 0.6 is 0 Å². The average Bonchev–Trinajstić information content (AvgIpc) is 2.65. The normalized spacial score (nSPS) is 30.3. The van der Waals surface area contributed by atoms with Crippen LogP contribution in [0.4, 0.5) is 4.79 Å². The minimum absolute atomic E-state index is 0.149. The van der Waals surface area contributed by atoms with E-state index in [1.54, 1.807) is 0 Å². The van der Waals surface area contributed by atoms with E-state index in [1.165, 1.54) is 4.90 Å². The summed E-state index contributed by atoms with van der Waals surface area (Å²) in [6, 6.07) is -1.83. The van der Waals surface area contributed by atoms with Gasteiger partial charge >= 0.3 is 16.4 Å². The summed E-state index contributed by atoms with van der Waals surface area (Å²) in [5, 5.41) is 3.71. The van der Waals surface area contributed by atoms with Gasteiger partial charge in [-0.3, -0.25) is 14.2 Å². The molecule has 3 aliphatic heterocycles. The van der Waals surface area contributed by atoms with Gasteiger partial charge in [-0.1, -0.05) is 0 Å². The first-order valence-corrected chi connectivity index (χ1v) is 8.63. The number of fused-ring (bicyclic) bond motifs is 2. The van der Waals surface area contributed by atoms with Gasteiger partial charge in [0.1, 0.15) is 6.04 Å². The van der Waals surface area contributed by atoms with E-state index in [0.29, 0.717) is 24.5 Å². The standard InChI is InChI=1S/C11H18N4O7S/c16-10(13-21-6-7-3-4-12-7)9-2-1-8-5-14(9)11(17)15(8)22-23(18,19)20/h7-9,12H,1-6H2,(H,13,16)(H,18,19,20)/t7-,8?,9-/m0/s1. The summed E-state index contributed by atoms with van der Waals surface area (Å²) >= 11 is 0. The monoisotopic (exact) mass is 350 g/mol. The van der Waals surface area contributed by atoms with Crippen molar-refractivity contribution in [1.82, 2.24) is 20.8 Å². The van der Waals surface area contributed by atoms with E-state index >= 15 is 0 Å². The first-order chi connectivity index (χ1) is 10.8. The van der Waals surface area contributed by atoms with Gasteiger partial charge in [0.25, 0.3) is 5.91 Å². The van der Waals surface area contributed by atoms with Crippen molar-refractivity contribution in [1.29, 1.82) is 0 Å². The lowest BCUT2D eigenvalue weighted by Crippen LogP contribution is -2.51. The molecular weight excluding hydrogens is 332 g/mol. The SMILES string of the molecule is O=C(NOC[C@@H]1CCN1)[C@@H]1CCC2CN1C(=O)N2OS(=O)(=O)O. The predicted octanol–water partition coefficient (Wildman–Crippen LogP) is -1.60. The number of hydroxylamine groups is 3. The number of carbonyl (C=O) groups is 2. The van der Waals surface area contributed by atoms with Crippen molar-refractivity contribution in [2.45, 2.75) is 37.4 Å². The third kappa shape index (κ3) is 3.55. The summed E-state index contributed by atoms with van der Waals surface area (Å²) in [4.78, 5) is 30.6. The van der Waals surface area contributed by atoms with Gasteiger partial charge in [0.2, 0.25) is 0 Å². The Kier molecular flexibility index (Phi) is 4.42. The smallest absolute Gasteiger partial charge is 0.311 e. The van der Waals surface area contributed by atoms with Crippen molar-refractivity contribution in [3.05, 3.63) is 0 Å². The van der Waals surface area contributed by atoms with Gasteiger partial charge in [-0.15, -0.1) is 4.28 Å². The molecule has 3 rings (SSSR count). The van der Waals surface area contributed by atoms with Crippen LogP contribution in [0.1, 0.15) is 19.3 Å². The molecule has 11 nitrogen and oxygen atoms in total. The molecule has 3 heterocycles. The van der Waals surface area contributed by atoms with Crippen LogP contribution in [0, 0.1) is 0 Å². The number of rotatable bonds is 6. The maximum absolute atomic E-state index is 12.1. The van der Waals surface area contributed by atoms with Gasteiger partial charge in [-0.2, -0.15) is 13.5 Å². The van der Waals surface area contributed by atoms with E-state index in [-0.39, 0.29) is 12.6 Å². The molecule has 3 aliphatic rings. The number of nitrogens with zero attached hydrogens (tertiary/aromatic N) is 2. The highest BCUT2D eigenvalue weighted by Gasteiger charge is 2.49. The summed E-state index contributed by atoms with van der Waals surface area (Å²) < 4.78 is 34.6. The van der Waals surface area contributed by atoms with Crippen LogP contribution in [0.25, 0.3) is 0 Å². The molecule has 3 saturated heterocycles. The number of hydrogen-bond donors (Lipinski definition) is 3. The van der Waals surface area contributed by atoms with Gasteiger partial charge in [0, 0.05) is 12.6 Å². The Balaban J connectivity index is 1.56. The van der Waals surface area contributed by atoms with E-state index < -0.39 is 34.4 Å². The zero-order chi connectivity index (χ0) is 16.6. The lowest BCUT2D eigenvalue weighted by molar-refractivity contribution is -0.139. The third-order valence-electron chi connectivity index (χ3n) is 4.18. The maximum atomic E-state index is 12.1. The zero-order valence-electron chi connectivity index (χ0n) is 12.2. The Bertz CT molecular complexity index is 593. The highest BCUT2D eigenvalue weighted by atomic mass is 32.3. The first kappa shape index (κ1) is 16.4. The number of urea groups is 1. The maximum Gasteiger partial charge on any atom is 0.418 e. The number of carbonyl (C=O) groups excluding carboxylic acids is 2. The highest BCUT2D eigenvalue weighted by molar-refractivity contribution is 7.80. The Hall–Kier alpha value is -1.47. The average molecular weight is 350 g/mol. The van der Waals surface area contributed by atoms with Gasteiger partial charge in [-0.05, 0) is 25.8 Å². The zero-order valence-corrected chi connectivity index (χ0v) is 13.0. The molecular formula is C11H18N4O7S. The van der Waals surface area contributed by atoms with Crippen molar-refractivity contribution in [3.63, 3.8) is 0 Å². The van der Waals surface area contributed by atoms with E-state index in [2.05, 4.69) is 15.1 Å². The van der Waals surface area contributed by atoms with Gasteiger partial charge in [0.15, 0.2) is 0 Å². The van der Waals surface area contributed by atoms with Crippen molar-refractivity contribution in [2.75, 3.05) is 19.7 Å². The fourth-order valence-electron chi connectivity index (χ4n) is 2.88. The first-order valence-electron chi connectivity index (χ1n) is 7.27. The Morgan fingerprint density at radius 2 is 2.13 bits per heavy atom. The number of nitrogens with one attached hydrogen (secondary N) is 2. The molecule has 3 atom stereocenters. The van der Waals surface area contributed by atoms with E-state index in [0.717, 1.165) is 13.0 Å². The predicted molar refractivity (Wildman–Crippen MR) is 73.9 cm³/mol. The molecule has 0 aromatic heterocycles. The van der Waals surface area contributed by atoms with Crippen LogP contribution in [0.2, 0.25) is 0 Å². The van der Waals surface area contributed by atoms with Gasteiger partial charge in [0.05, 0.1) is 12.6 Å². The fourth-order valence-corrected chi connectivity index (χ4v) is 3.26. The van der Waals surface area contributed by atoms with Gasteiger partial charge < -0.3 is 10.2 Å². The van der Waals surface area contributed by atoms with Crippen molar-refractivity contribution in [2.24, 2.45) is 0 Å². The minimum Gasteiger partial charge on any atom is -0.311 e. The number of hydrogen-bond acceptors (Lipinski definition) is 7. The minimum atomic E-state index is -4.79. The molecule has 23 heavy (non-hydrogen) atoms. The van der Waals surface area contributed by atoms with Crippen LogP contribution in [-0.4, -0.2) is 72.7 Å². The van der Waals surface area contributed by atoms with Crippen molar-refractivity contribution in [3.8, 4) is 0 Å². The van der Waals surface area contributed by atoms with Crippen LogP contribution in [0.5, 0.6) is 0 Å². The molecule has 12 heteroatoms. The van der Waals surface area contributed by atoms with Crippen molar-refractivity contribution >= 4 is 22.3 Å². The molecule has 0 radical (unpaired) electrons. The second-order valence-corrected chi connectivity index (χ2v) is 6.73. The van der Waals surface area contributed by atoms with Crippen LogP contribution in [0.3, 0.4) is 0 Å². The van der Waals surface area contributed by atoms with E-state index in [9.17, 15) is 18.0 Å². The van der Waals surface area contributed by atoms with Crippen LogP contribution < -0.4 is 10.8 Å². The highest BCUT2D eigenvalue weighted by Crippen LogP contribution is 2.30. The molecule has 130 valence electrons. The van der Waals surface area contributed by atoms with Crippen LogP contribution in [0.15, 0.2) is 0 Å². The molecule has 0 aliphatic carbocycles. The number of amides is 3. The topological polar surface area (TPSA) is 138 Å². The fraction of sp³-hybridized carbons (Fsp3) is 0.818. The molecule has 0 aromatic rings. The quantitative estimate of drug-likeness (QED) is 0.385. The Morgan fingerprint density at radius 1 is 1.39 bits per heavy atom. The molecule has 1 unspecified atom stereocenters. The Labute approximate surface area is 132 Å². The second-order valence-electron chi connectivity index (χ2n) is 5.73. The lowest BCUT2D eigenvalue weighted by atomic mass is 10.0. The van der Waals surface area contributed by atoms with E-state index in [1.807, 2.05) is 0 Å². The largest absolute Gasteiger partial charge is 0.418 e. The summed E-state index contributed by atoms with van der Waals surface area (Å²) in [5.41, 5.74) is 2.32. The Morgan fingerprint density at radius 3 is 2.74 bits per heavy atom. The van der Waals surface area contributed by atoms with E-state index in [4.69, 9.17) is 9.39 Å². The molecule has 0 aromatic carbocycles. The summed E-state index contributed by atoms with van der Waals surface area (Å²) in [5.74, 6) is -0.468. The van der Waals surface area contributed by atoms with Crippen molar-refractivity contribution < 1.29 is 31.7 Å². The molecule has 3 fully saturated rings. The summed E-state index contributed by atoms with van der Waals surface area (Å²) in [6.07, 6.45) is 1.70. The van der Waals surface area contributed by atoms with Gasteiger partial charge in [-0.25, -0.2) is 10.3 Å². The van der Waals surface area contributed by atoms with Crippen LogP contribution in [-0.2, 0) is 24.3 Å². The second kappa shape index (κ2) is 6.20. The molecule has 0 saturated carbocycles. The lowest BCUT2D eigenvalue weighted by Gasteiger charge is -2.30. The summed E-state index contributed by atoms with van der Waals surface area (Å²) in [6.45, 7) is 1.42.